The number of ether oxygens (including phenoxy) is 2. The van der Waals surface area contributed by atoms with Crippen LogP contribution in [0.5, 0.6) is 11.5 Å². The maximum atomic E-state index is 11.4. The van der Waals surface area contributed by atoms with Gasteiger partial charge in [-0.3, -0.25) is 19.8 Å². The Kier molecular flexibility index (Phi) is 23.2. The Bertz CT molecular complexity index is 839. The number of para-hydroxylation sites is 2. The summed E-state index contributed by atoms with van der Waals surface area (Å²) in [7, 11) is 0. The summed E-state index contributed by atoms with van der Waals surface area (Å²) in [6, 6.07) is 13.9. The third kappa shape index (κ3) is 14.9. The normalized spacial score (nSPS) is 15.8. The van der Waals surface area contributed by atoms with Crippen LogP contribution in [0.15, 0.2) is 58.5 Å². The van der Waals surface area contributed by atoms with E-state index in [4.69, 9.17) is 9.47 Å². The van der Waals surface area contributed by atoms with Crippen molar-refractivity contribution in [2.75, 3.05) is 78.8 Å². The molecule has 2 aromatic carbocycles. The Morgan fingerprint density at radius 1 is 0.658 bits per heavy atom. The number of morpholine rings is 2. The van der Waals surface area contributed by atoms with E-state index in [1.807, 2.05) is 12.1 Å². The molecule has 0 atom stereocenters. The van der Waals surface area contributed by atoms with Crippen LogP contribution >= 0.6 is 0 Å². The molecule has 0 aliphatic carbocycles. The summed E-state index contributed by atoms with van der Waals surface area (Å²) in [5.41, 5.74) is 1.32. The standard InChI is InChI=1S/2C13H18N2O2.BrH.Mn.2H2O/c2*16-13-4-2-1-3-12(13)11-14-5-6-15-7-9-17-10-8-15;;;;/h2*1-4,11,16H,5-10H2;1H;;2*1H2/q;;;+3;;/p-1. The van der Waals surface area contributed by atoms with Gasteiger partial charge in [-0.25, -0.2) is 0 Å². The summed E-state index contributed by atoms with van der Waals surface area (Å²) in [4.78, 5) is 13.2. The van der Waals surface area contributed by atoms with E-state index >= 15 is 0 Å². The average Bonchev–Trinajstić information content (AvgIpc) is 2.88. The number of nitrogens with zero attached hydrogens (tertiary/aromatic N) is 4. The van der Waals surface area contributed by atoms with Crippen LogP contribution in [0.3, 0.4) is 0 Å². The summed E-state index contributed by atoms with van der Waals surface area (Å²) in [6.45, 7) is 10.5. The number of halogens is 1. The maximum absolute atomic E-state index is 11.4. The molecule has 212 valence electrons. The molecule has 38 heavy (non-hydrogen) atoms. The fourth-order valence-electron chi connectivity index (χ4n) is 3.55. The summed E-state index contributed by atoms with van der Waals surface area (Å²) in [5.74, 6) is 0.0604. The Balaban J connectivity index is 0. The fraction of sp³-hybridized carbons (Fsp3) is 0.462. The molecule has 4 rings (SSSR count). The Hall–Kier alpha value is -1.86. The molecule has 12 heteroatoms. The van der Waals surface area contributed by atoms with Crippen LogP contribution in [0, 0.1) is 0 Å². The number of benzene rings is 2. The van der Waals surface area contributed by atoms with Gasteiger partial charge < -0.3 is 47.6 Å². The van der Waals surface area contributed by atoms with E-state index in [0.717, 1.165) is 78.8 Å². The monoisotopic (exact) mass is 638 g/mol. The first-order valence-electron chi connectivity index (χ1n) is 11.8. The zero-order valence-electron chi connectivity index (χ0n) is 21.6. The Morgan fingerprint density at radius 3 is 1.34 bits per heavy atom. The Morgan fingerprint density at radius 2 is 1.00 bits per heavy atom. The van der Waals surface area contributed by atoms with Crippen molar-refractivity contribution in [2.45, 2.75) is 0 Å². The van der Waals surface area contributed by atoms with Crippen LogP contribution in [-0.4, -0.2) is 101 Å². The minimum absolute atomic E-state index is 0. The second-order valence-electron chi connectivity index (χ2n) is 8.05. The zero-order valence-corrected chi connectivity index (χ0v) is 24.4. The summed E-state index contributed by atoms with van der Waals surface area (Å²) in [6.07, 6.45) is 3.34. The van der Waals surface area contributed by atoms with Crippen molar-refractivity contribution in [3.05, 3.63) is 59.7 Å². The second kappa shape index (κ2) is 23.1. The molecule has 2 aliphatic rings. The average molecular weight is 639 g/mol. The molecular weight excluding hydrogens is 599 g/mol. The molecule has 6 N–H and O–H groups in total. The topological polar surface area (TPSA) is 162 Å². The van der Waals surface area contributed by atoms with Crippen LogP contribution < -0.4 is 27.2 Å². The first-order chi connectivity index (χ1) is 16.7. The van der Waals surface area contributed by atoms with Gasteiger partial charge in [0.25, 0.3) is 0 Å². The van der Waals surface area contributed by atoms with Crippen LogP contribution in [-0.2, 0) is 37.5 Å². The third-order valence-electron chi connectivity index (χ3n) is 5.60. The van der Waals surface area contributed by atoms with Crippen LogP contribution in [0.2, 0.25) is 0 Å². The molecule has 2 fully saturated rings. The molecule has 0 radical (unpaired) electrons. The van der Waals surface area contributed by atoms with E-state index in [1.165, 1.54) is 0 Å². The van der Waals surface area contributed by atoms with Gasteiger partial charge in [0.15, 0.2) is 0 Å². The van der Waals surface area contributed by atoms with Crippen molar-refractivity contribution in [1.82, 2.24) is 9.80 Å². The van der Waals surface area contributed by atoms with Gasteiger partial charge in [-0.05, 0) is 11.1 Å². The number of rotatable bonds is 8. The summed E-state index contributed by atoms with van der Waals surface area (Å²) in [5, 5.41) is 22.8. The van der Waals surface area contributed by atoms with Crippen molar-refractivity contribution in [3.8, 4) is 11.5 Å². The minimum Gasteiger partial charge on any atom is -1.00 e. The van der Waals surface area contributed by atoms with Crippen molar-refractivity contribution in [1.29, 1.82) is 0 Å². The smallest absolute Gasteiger partial charge is 1.00 e. The molecular formula is C26H40BrMnN4O6+2. The number of aliphatic imine (C=N–C) groups is 2. The molecule has 0 amide bonds. The fourth-order valence-corrected chi connectivity index (χ4v) is 3.55. The minimum atomic E-state index is 0. The molecule has 0 saturated carbocycles. The number of hydrogen-bond acceptors (Lipinski definition) is 8. The third-order valence-corrected chi connectivity index (χ3v) is 5.60. The van der Waals surface area contributed by atoms with E-state index in [1.54, 1.807) is 48.8 Å². The molecule has 0 unspecified atom stereocenters. The van der Waals surface area contributed by atoms with Gasteiger partial charge in [0.05, 0.1) is 39.5 Å². The van der Waals surface area contributed by atoms with E-state index in [2.05, 4.69) is 19.8 Å². The predicted octanol–water partition coefficient (Wildman–Crippen LogP) is -3.82. The quantitative estimate of drug-likeness (QED) is 0.164. The first kappa shape index (κ1) is 38.3. The molecule has 0 spiro atoms. The molecule has 2 heterocycles. The second-order valence-corrected chi connectivity index (χ2v) is 8.05. The van der Waals surface area contributed by atoms with E-state index in [9.17, 15) is 10.2 Å². The largest absolute Gasteiger partial charge is 3.00 e. The molecule has 10 nitrogen and oxygen atoms in total. The molecule has 0 bridgehead atoms. The van der Waals surface area contributed by atoms with Gasteiger partial charge in [0.2, 0.25) is 0 Å². The van der Waals surface area contributed by atoms with E-state index < -0.39 is 0 Å². The number of hydrogen-bond donors (Lipinski definition) is 0. The van der Waals surface area contributed by atoms with Crippen LogP contribution in [0.1, 0.15) is 11.1 Å². The zero-order chi connectivity index (χ0) is 23.8. The van der Waals surface area contributed by atoms with Gasteiger partial charge >= 0.3 is 17.1 Å². The van der Waals surface area contributed by atoms with E-state index in [-0.39, 0.29) is 56.5 Å². The summed E-state index contributed by atoms with van der Waals surface area (Å²) < 4.78 is 10.5. The molecule has 0 aromatic heterocycles. The van der Waals surface area contributed by atoms with Gasteiger partial charge in [-0.15, -0.1) is 11.5 Å². The van der Waals surface area contributed by atoms with Gasteiger partial charge in [0.1, 0.15) is 0 Å². The Labute approximate surface area is 246 Å². The molecule has 2 aromatic rings. The first-order valence-corrected chi connectivity index (χ1v) is 11.8. The molecule has 2 aliphatic heterocycles. The maximum Gasteiger partial charge on any atom is 3.00 e. The predicted molar refractivity (Wildman–Crippen MR) is 141 cm³/mol. The SMILES string of the molecule is [Br-].[Mn+3].[O-]c1ccccc1C=NCCN1CCOCC1.[O-]c1ccccc1C=NCCN1CCOCC1.[OH3+].[OH3+]. The van der Waals surface area contributed by atoms with Crippen LogP contribution in [0.25, 0.3) is 0 Å². The summed E-state index contributed by atoms with van der Waals surface area (Å²) >= 11 is 0. The van der Waals surface area contributed by atoms with Crippen molar-refractivity contribution in [3.63, 3.8) is 0 Å². The van der Waals surface area contributed by atoms with Gasteiger partial charge in [0, 0.05) is 51.7 Å². The molecule has 2 saturated heterocycles. The van der Waals surface area contributed by atoms with E-state index in [0.29, 0.717) is 11.1 Å². The van der Waals surface area contributed by atoms with Gasteiger partial charge in [-0.2, -0.15) is 0 Å². The van der Waals surface area contributed by atoms with Crippen molar-refractivity contribution in [2.24, 2.45) is 9.98 Å². The van der Waals surface area contributed by atoms with Gasteiger partial charge in [-0.1, -0.05) is 48.5 Å². The van der Waals surface area contributed by atoms with Crippen molar-refractivity contribution < 1.29 is 64.7 Å². The van der Waals surface area contributed by atoms with Crippen molar-refractivity contribution >= 4 is 12.4 Å². The van der Waals surface area contributed by atoms with Crippen LogP contribution in [0.4, 0.5) is 0 Å².